The van der Waals surface area contributed by atoms with E-state index in [1.807, 2.05) is 20.8 Å². The second-order valence-electron chi connectivity index (χ2n) is 5.75. The predicted octanol–water partition coefficient (Wildman–Crippen LogP) is 3.67. The average molecular weight is 327 g/mol. The minimum atomic E-state index is -0.523. The standard InChI is InChI=1S/C14H19BrN2O2/c1-8(2)12(18)11-9(6-7-10(15)17-11)16-13(19)14(3,4)5/h6-8H,1-5H3,(H,16,19). The monoisotopic (exact) mass is 326 g/mol. The summed E-state index contributed by atoms with van der Waals surface area (Å²) < 4.78 is 0.574. The Bertz CT molecular complexity index is 505. The molecular formula is C14H19BrN2O2. The van der Waals surface area contributed by atoms with Gasteiger partial charge in [-0.2, -0.15) is 0 Å². The fraction of sp³-hybridized carbons (Fsp3) is 0.500. The Morgan fingerprint density at radius 3 is 2.32 bits per heavy atom. The van der Waals surface area contributed by atoms with E-state index >= 15 is 0 Å². The van der Waals surface area contributed by atoms with Crippen LogP contribution in [0, 0.1) is 11.3 Å². The van der Waals surface area contributed by atoms with Crippen LogP contribution >= 0.6 is 15.9 Å². The van der Waals surface area contributed by atoms with Gasteiger partial charge in [0, 0.05) is 11.3 Å². The van der Waals surface area contributed by atoms with Gasteiger partial charge in [0.1, 0.15) is 10.3 Å². The molecule has 0 unspecified atom stereocenters. The third kappa shape index (κ3) is 4.13. The van der Waals surface area contributed by atoms with Crippen LogP contribution in [0.2, 0.25) is 0 Å². The Morgan fingerprint density at radius 1 is 1.26 bits per heavy atom. The maximum atomic E-state index is 12.1. The van der Waals surface area contributed by atoms with Gasteiger partial charge >= 0.3 is 0 Å². The molecule has 0 aliphatic rings. The molecule has 0 spiro atoms. The first-order chi connectivity index (χ1) is 8.62. The average Bonchev–Trinajstić information content (AvgIpc) is 2.29. The van der Waals surface area contributed by atoms with Gasteiger partial charge in [-0.15, -0.1) is 0 Å². The Kier molecular flexibility index (Phi) is 4.85. The van der Waals surface area contributed by atoms with Crippen molar-refractivity contribution in [2.45, 2.75) is 34.6 Å². The smallest absolute Gasteiger partial charge is 0.229 e. The van der Waals surface area contributed by atoms with E-state index in [0.717, 1.165) is 0 Å². The lowest BCUT2D eigenvalue weighted by molar-refractivity contribution is -0.123. The Hall–Kier alpha value is -1.23. The maximum Gasteiger partial charge on any atom is 0.229 e. The van der Waals surface area contributed by atoms with E-state index in [4.69, 9.17) is 0 Å². The highest BCUT2D eigenvalue weighted by Gasteiger charge is 2.24. The van der Waals surface area contributed by atoms with Crippen LogP contribution in [0.5, 0.6) is 0 Å². The summed E-state index contributed by atoms with van der Waals surface area (Å²) in [7, 11) is 0. The van der Waals surface area contributed by atoms with Gasteiger partial charge in [0.2, 0.25) is 5.91 Å². The fourth-order valence-corrected chi connectivity index (χ4v) is 1.62. The minimum absolute atomic E-state index is 0.0921. The lowest BCUT2D eigenvalue weighted by Crippen LogP contribution is -2.29. The van der Waals surface area contributed by atoms with Crippen LogP contribution in [0.25, 0.3) is 0 Å². The van der Waals surface area contributed by atoms with E-state index in [-0.39, 0.29) is 17.6 Å². The van der Waals surface area contributed by atoms with Crippen molar-refractivity contribution in [3.63, 3.8) is 0 Å². The van der Waals surface area contributed by atoms with Crippen molar-refractivity contribution < 1.29 is 9.59 Å². The molecule has 1 aromatic heterocycles. The Balaban J connectivity index is 3.15. The van der Waals surface area contributed by atoms with Gasteiger partial charge in [-0.3, -0.25) is 9.59 Å². The van der Waals surface area contributed by atoms with Gasteiger partial charge in [-0.1, -0.05) is 34.6 Å². The summed E-state index contributed by atoms with van der Waals surface area (Å²) in [5, 5.41) is 2.77. The number of carbonyl (C=O) groups excluding carboxylic acids is 2. The molecular weight excluding hydrogens is 308 g/mol. The van der Waals surface area contributed by atoms with Gasteiger partial charge in [0.05, 0.1) is 5.69 Å². The first-order valence-electron chi connectivity index (χ1n) is 6.15. The third-order valence-corrected chi connectivity index (χ3v) is 2.99. The molecule has 0 bridgehead atoms. The van der Waals surface area contributed by atoms with E-state index in [9.17, 15) is 9.59 Å². The highest BCUT2D eigenvalue weighted by atomic mass is 79.9. The van der Waals surface area contributed by atoms with Crippen LogP contribution in [-0.4, -0.2) is 16.7 Å². The molecule has 19 heavy (non-hydrogen) atoms. The van der Waals surface area contributed by atoms with E-state index < -0.39 is 5.41 Å². The number of aromatic nitrogens is 1. The summed E-state index contributed by atoms with van der Waals surface area (Å²) in [5.41, 5.74) is 0.231. The van der Waals surface area contributed by atoms with E-state index in [1.54, 1.807) is 26.0 Å². The van der Waals surface area contributed by atoms with Gasteiger partial charge < -0.3 is 5.32 Å². The van der Waals surface area contributed by atoms with Crippen molar-refractivity contribution >= 4 is 33.3 Å². The first kappa shape index (κ1) is 15.8. The number of ketones is 1. The molecule has 1 N–H and O–H groups in total. The number of pyridine rings is 1. The number of hydrogen-bond donors (Lipinski definition) is 1. The maximum absolute atomic E-state index is 12.1. The lowest BCUT2D eigenvalue weighted by Gasteiger charge is -2.19. The van der Waals surface area contributed by atoms with Gasteiger partial charge in [0.15, 0.2) is 5.78 Å². The highest BCUT2D eigenvalue weighted by molar-refractivity contribution is 9.10. The number of Topliss-reactive ketones (excluding diaryl/α,β-unsaturated/α-hetero) is 1. The lowest BCUT2D eigenvalue weighted by atomic mass is 9.95. The Morgan fingerprint density at radius 2 is 1.84 bits per heavy atom. The summed E-state index contributed by atoms with van der Waals surface area (Å²) >= 11 is 3.24. The van der Waals surface area contributed by atoms with E-state index in [1.165, 1.54) is 0 Å². The Labute approximate surface area is 122 Å². The molecule has 0 aliphatic heterocycles. The summed E-state index contributed by atoms with van der Waals surface area (Å²) in [6, 6.07) is 3.39. The molecule has 0 saturated carbocycles. The van der Waals surface area contributed by atoms with Crippen molar-refractivity contribution in [2.75, 3.05) is 5.32 Å². The first-order valence-corrected chi connectivity index (χ1v) is 6.94. The number of rotatable bonds is 3. The van der Waals surface area contributed by atoms with Crippen molar-refractivity contribution in [1.82, 2.24) is 4.98 Å². The van der Waals surface area contributed by atoms with Crippen LogP contribution in [-0.2, 0) is 4.79 Å². The number of carbonyl (C=O) groups is 2. The fourth-order valence-electron chi connectivity index (χ4n) is 1.31. The van der Waals surface area contributed by atoms with Crippen LogP contribution in [0.3, 0.4) is 0 Å². The molecule has 104 valence electrons. The van der Waals surface area contributed by atoms with E-state index in [2.05, 4.69) is 26.2 Å². The number of halogens is 1. The molecule has 0 aromatic carbocycles. The third-order valence-electron chi connectivity index (χ3n) is 2.55. The molecule has 4 nitrogen and oxygen atoms in total. The van der Waals surface area contributed by atoms with Crippen molar-refractivity contribution in [1.29, 1.82) is 0 Å². The zero-order valence-corrected chi connectivity index (χ0v) is 13.5. The molecule has 1 aromatic rings. The van der Waals surface area contributed by atoms with E-state index in [0.29, 0.717) is 16.0 Å². The zero-order chi connectivity index (χ0) is 14.8. The normalized spacial score (nSPS) is 11.5. The van der Waals surface area contributed by atoms with Gasteiger partial charge in [-0.25, -0.2) is 4.98 Å². The molecule has 0 radical (unpaired) electrons. The molecule has 0 fully saturated rings. The predicted molar refractivity (Wildman–Crippen MR) is 79.2 cm³/mol. The summed E-state index contributed by atoms with van der Waals surface area (Å²) in [4.78, 5) is 28.3. The van der Waals surface area contributed by atoms with Crippen LogP contribution < -0.4 is 5.32 Å². The summed E-state index contributed by atoms with van der Waals surface area (Å²) in [5.74, 6) is -0.410. The quantitative estimate of drug-likeness (QED) is 0.681. The number of anilines is 1. The minimum Gasteiger partial charge on any atom is -0.324 e. The second-order valence-corrected chi connectivity index (χ2v) is 6.57. The summed E-state index contributed by atoms with van der Waals surface area (Å²) in [6.07, 6.45) is 0. The number of nitrogens with zero attached hydrogens (tertiary/aromatic N) is 1. The molecule has 1 rings (SSSR count). The molecule has 0 atom stereocenters. The molecule has 0 aliphatic carbocycles. The largest absolute Gasteiger partial charge is 0.324 e. The highest BCUT2D eigenvalue weighted by Crippen LogP contribution is 2.23. The van der Waals surface area contributed by atoms with Crippen molar-refractivity contribution in [2.24, 2.45) is 11.3 Å². The van der Waals surface area contributed by atoms with Crippen LogP contribution in [0.15, 0.2) is 16.7 Å². The molecule has 0 saturated heterocycles. The second kappa shape index (κ2) is 5.82. The number of amides is 1. The van der Waals surface area contributed by atoms with Gasteiger partial charge in [0.25, 0.3) is 0 Å². The number of nitrogens with one attached hydrogen (secondary N) is 1. The molecule has 1 amide bonds. The van der Waals surface area contributed by atoms with Crippen LogP contribution in [0.4, 0.5) is 5.69 Å². The van der Waals surface area contributed by atoms with Gasteiger partial charge in [-0.05, 0) is 28.1 Å². The number of hydrogen-bond acceptors (Lipinski definition) is 3. The zero-order valence-electron chi connectivity index (χ0n) is 11.9. The summed E-state index contributed by atoms with van der Waals surface area (Å²) in [6.45, 7) is 9.07. The van der Waals surface area contributed by atoms with Crippen LogP contribution in [0.1, 0.15) is 45.1 Å². The SMILES string of the molecule is CC(C)C(=O)c1nc(Br)ccc1NC(=O)C(C)(C)C. The van der Waals surface area contributed by atoms with Crippen molar-refractivity contribution in [3.8, 4) is 0 Å². The van der Waals surface area contributed by atoms with Crippen molar-refractivity contribution in [3.05, 3.63) is 22.4 Å². The molecule has 5 heteroatoms. The topological polar surface area (TPSA) is 59.1 Å². The molecule has 1 heterocycles.